The van der Waals surface area contributed by atoms with E-state index in [4.69, 9.17) is 0 Å². The maximum Gasteiger partial charge on any atom is 0.252 e. The maximum absolute atomic E-state index is 13.1. The molecule has 0 heterocycles. The number of carbonyl (C=O) groups is 1. The van der Waals surface area contributed by atoms with Gasteiger partial charge in [0.2, 0.25) is 0 Å². The Hall–Kier alpha value is -3.30. The Bertz CT molecular complexity index is 1150. The zero-order valence-corrected chi connectivity index (χ0v) is 19.2. The lowest BCUT2D eigenvalue weighted by atomic mass is 9.97. The molecule has 0 unspecified atom stereocenters. The van der Waals surface area contributed by atoms with Gasteiger partial charge in [-0.25, -0.2) is 0 Å². The Balaban J connectivity index is 1.46. The normalized spacial score (nSPS) is 11.7. The lowest BCUT2D eigenvalue weighted by Crippen LogP contribution is -2.29. The van der Waals surface area contributed by atoms with E-state index >= 15 is 0 Å². The summed E-state index contributed by atoms with van der Waals surface area (Å²) in [5.41, 5.74) is 6.47. The number of benzene rings is 4. The van der Waals surface area contributed by atoms with Gasteiger partial charge in [0.1, 0.15) is 0 Å². The van der Waals surface area contributed by atoms with Crippen molar-refractivity contribution in [1.82, 2.24) is 5.32 Å². The molecule has 0 saturated carbocycles. The Morgan fingerprint density at radius 1 is 0.719 bits per heavy atom. The van der Waals surface area contributed by atoms with E-state index in [0.717, 1.165) is 16.9 Å². The van der Waals surface area contributed by atoms with Crippen LogP contribution in [0.15, 0.2) is 108 Å². The number of thioether (sulfide) groups is 1. The van der Waals surface area contributed by atoms with Crippen molar-refractivity contribution in [2.24, 2.45) is 0 Å². The highest BCUT2D eigenvalue weighted by Gasteiger charge is 2.17. The van der Waals surface area contributed by atoms with Crippen molar-refractivity contribution in [2.45, 2.75) is 30.5 Å². The van der Waals surface area contributed by atoms with Crippen LogP contribution in [0.3, 0.4) is 0 Å². The third-order valence-corrected chi connectivity index (χ3v) is 6.54. The first-order valence-corrected chi connectivity index (χ1v) is 11.8. The first kappa shape index (κ1) is 21.9. The molecular formula is C29H27NOS. The van der Waals surface area contributed by atoms with Gasteiger partial charge >= 0.3 is 0 Å². The Morgan fingerprint density at radius 2 is 1.28 bits per heavy atom. The molecular weight excluding hydrogens is 410 g/mol. The fraction of sp³-hybridized carbons (Fsp3) is 0.138. The molecule has 2 nitrogen and oxygen atoms in total. The monoisotopic (exact) mass is 437 g/mol. The summed E-state index contributed by atoms with van der Waals surface area (Å²) in [4.78, 5) is 14.3. The molecule has 0 saturated heterocycles. The van der Waals surface area contributed by atoms with Crippen LogP contribution in [0.25, 0.3) is 0 Å². The summed E-state index contributed by atoms with van der Waals surface area (Å²) in [5, 5.41) is 3.22. The van der Waals surface area contributed by atoms with Crippen LogP contribution in [-0.2, 0) is 5.75 Å². The number of rotatable bonds is 7. The molecule has 4 aromatic carbocycles. The number of hydrogen-bond donors (Lipinski definition) is 1. The van der Waals surface area contributed by atoms with Gasteiger partial charge in [-0.3, -0.25) is 4.79 Å². The average Bonchev–Trinajstić information content (AvgIpc) is 2.83. The second-order valence-electron chi connectivity index (χ2n) is 8.03. The second-order valence-corrected chi connectivity index (χ2v) is 9.08. The lowest BCUT2D eigenvalue weighted by Gasteiger charge is -2.20. The molecule has 4 aromatic rings. The van der Waals surface area contributed by atoms with Gasteiger partial charge in [0.25, 0.3) is 5.91 Å². The molecule has 160 valence electrons. The van der Waals surface area contributed by atoms with Crippen molar-refractivity contribution in [1.29, 1.82) is 0 Å². The van der Waals surface area contributed by atoms with E-state index in [2.05, 4.69) is 79.8 Å². The summed E-state index contributed by atoms with van der Waals surface area (Å²) in [6, 6.07) is 34.7. The number of nitrogens with one attached hydrogen (secondary N) is 1. The highest BCUT2D eigenvalue weighted by molar-refractivity contribution is 7.98. The van der Waals surface area contributed by atoms with Crippen molar-refractivity contribution < 1.29 is 4.79 Å². The molecule has 0 spiro atoms. The Morgan fingerprint density at radius 3 is 1.91 bits per heavy atom. The van der Waals surface area contributed by atoms with E-state index in [-0.39, 0.29) is 11.9 Å². The molecule has 0 aliphatic carbocycles. The van der Waals surface area contributed by atoms with E-state index in [1.165, 1.54) is 21.6 Å². The fourth-order valence-electron chi connectivity index (χ4n) is 3.53. The van der Waals surface area contributed by atoms with Gasteiger partial charge in [-0.15, -0.1) is 11.8 Å². The van der Waals surface area contributed by atoms with Crippen LogP contribution in [0, 0.1) is 13.8 Å². The quantitative estimate of drug-likeness (QED) is 0.312. The Kier molecular flexibility index (Phi) is 7.08. The van der Waals surface area contributed by atoms with Crippen LogP contribution in [0.2, 0.25) is 0 Å². The van der Waals surface area contributed by atoms with Crippen LogP contribution in [0.5, 0.6) is 0 Å². The maximum atomic E-state index is 13.1. The predicted octanol–water partition coefficient (Wildman–Crippen LogP) is 7.12. The minimum Gasteiger partial charge on any atom is -0.341 e. The molecule has 32 heavy (non-hydrogen) atoms. The number of carbonyl (C=O) groups excluding carboxylic acids is 1. The third-order valence-electron chi connectivity index (χ3n) is 5.46. The summed E-state index contributed by atoms with van der Waals surface area (Å²) in [6.45, 7) is 4.16. The predicted molar refractivity (Wildman–Crippen MR) is 134 cm³/mol. The number of amides is 1. The summed E-state index contributed by atoms with van der Waals surface area (Å²) in [7, 11) is 0. The standard InChI is InChI=1S/C29H27NOS/c1-21-8-14-25(15-9-21)28(24-6-4-3-5-7-24)30-29(31)26-16-12-23(13-17-26)20-32-27-18-10-22(2)11-19-27/h3-19,28H,20H2,1-2H3,(H,30,31)/t28-/m1/s1. The highest BCUT2D eigenvalue weighted by atomic mass is 32.2. The van der Waals surface area contributed by atoms with Crippen LogP contribution in [0.4, 0.5) is 0 Å². The van der Waals surface area contributed by atoms with E-state index in [0.29, 0.717) is 5.56 Å². The van der Waals surface area contributed by atoms with Crippen molar-refractivity contribution >= 4 is 17.7 Å². The molecule has 0 aliphatic heterocycles. The van der Waals surface area contributed by atoms with Crippen LogP contribution >= 0.6 is 11.8 Å². The zero-order chi connectivity index (χ0) is 22.3. The van der Waals surface area contributed by atoms with Crippen LogP contribution in [0.1, 0.15) is 44.2 Å². The van der Waals surface area contributed by atoms with E-state index in [1.807, 2.05) is 42.5 Å². The highest BCUT2D eigenvalue weighted by Crippen LogP contribution is 2.25. The topological polar surface area (TPSA) is 29.1 Å². The largest absolute Gasteiger partial charge is 0.341 e. The van der Waals surface area contributed by atoms with E-state index < -0.39 is 0 Å². The van der Waals surface area contributed by atoms with Gasteiger partial charge in [-0.2, -0.15) is 0 Å². The molecule has 0 bridgehead atoms. The molecule has 1 amide bonds. The summed E-state index contributed by atoms with van der Waals surface area (Å²) >= 11 is 1.80. The van der Waals surface area contributed by atoms with Crippen LogP contribution < -0.4 is 5.32 Å². The zero-order valence-electron chi connectivity index (χ0n) is 18.4. The van der Waals surface area contributed by atoms with Gasteiger partial charge in [-0.05, 0) is 54.8 Å². The van der Waals surface area contributed by atoms with E-state index in [1.54, 1.807) is 11.8 Å². The van der Waals surface area contributed by atoms with Crippen molar-refractivity contribution in [3.63, 3.8) is 0 Å². The summed E-state index contributed by atoms with van der Waals surface area (Å²) < 4.78 is 0. The first-order valence-electron chi connectivity index (χ1n) is 10.8. The molecule has 1 N–H and O–H groups in total. The van der Waals surface area contributed by atoms with Crippen molar-refractivity contribution in [2.75, 3.05) is 0 Å². The summed E-state index contributed by atoms with van der Waals surface area (Å²) in [6.07, 6.45) is 0. The minimum absolute atomic E-state index is 0.0721. The average molecular weight is 438 g/mol. The summed E-state index contributed by atoms with van der Waals surface area (Å²) in [5.74, 6) is 0.804. The number of hydrogen-bond acceptors (Lipinski definition) is 2. The molecule has 3 heteroatoms. The molecule has 0 fully saturated rings. The minimum atomic E-state index is -0.193. The van der Waals surface area contributed by atoms with Gasteiger partial charge in [0.15, 0.2) is 0 Å². The third kappa shape index (κ3) is 5.68. The number of aryl methyl sites for hydroxylation is 2. The van der Waals surface area contributed by atoms with Crippen LogP contribution in [-0.4, -0.2) is 5.91 Å². The van der Waals surface area contributed by atoms with Gasteiger partial charge in [-0.1, -0.05) is 90.0 Å². The SMILES string of the molecule is Cc1ccc(SCc2ccc(C(=O)N[C@H](c3ccccc3)c3ccc(C)cc3)cc2)cc1. The van der Waals surface area contributed by atoms with Crippen molar-refractivity contribution in [3.05, 3.63) is 137 Å². The second kappa shape index (κ2) is 10.3. The molecule has 4 rings (SSSR count). The van der Waals surface area contributed by atoms with Gasteiger partial charge < -0.3 is 5.32 Å². The van der Waals surface area contributed by atoms with Gasteiger partial charge in [0.05, 0.1) is 6.04 Å². The van der Waals surface area contributed by atoms with E-state index in [9.17, 15) is 4.79 Å². The molecule has 0 radical (unpaired) electrons. The lowest BCUT2D eigenvalue weighted by molar-refractivity contribution is 0.0943. The molecule has 1 atom stereocenters. The molecule has 0 aromatic heterocycles. The smallest absolute Gasteiger partial charge is 0.252 e. The first-order chi connectivity index (χ1) is 15.6. The Labute approximate surface area is 194 Å². The van der Waals surface area contributed by atoms with Crippen molar-refractivity contribution in [3.8, 4) is 0 Å². The van der Waals surface area contributed by atoms with Gasteiger partial charge in [0, 0.05) is 16.2 Å². The molecule has 0 aliphatic rings. The fourth-order valence-corrected chi connectivity index (χ4v) is 4.39.